The third-order valence-corrected chi connectivity index (χ3v) is 4.26. The zero-order valence-corrected chi connectivity index (χ0v) is 12.7. The number of halogens is 1. The lowest BCUT2D eigenvalue weighted by atomic mass is 9.96. The predicted molar refractivity (Wildman–Crippen MR) is 74.1 cm³/mol. The van der Waals surface area contributed by atoms with Gasteiger partial charge in [-0.15, -0.1) is 0 Å². The number of nitrogens with one attached hydrogen (secondary N) is 1. The normalized spacial score (nSPS) is 12.5. The molecule has 0 aliphatic rings. The predicted octanol–water partition coefficient (Wildman–Crippen LogP) is 1.65. The van der Waals surface area contributed by atoms with E-state index in [4.69, 9.17) is 21.4 Å². The highest BCUT2D eigenvalue weighted by Crippen LogP contribution is 2.27. The molecule has 0 heterocycles. The first-order valence-corrected chi connectivity index (χ1v) is 7.52. The standard InChI is InChI=1S/C12H18ClNO4S/c1-12(2,8-15)7-14-19(16,17)11-5-4-9(13)6-10(11)18-3/h4-6,14-15H,7-8H2,1-3H3. The van der Waals surface area contributed by atoms with E-state index in [1.807, 2.05) is 0 Å². The lowest BCUT2D eigenvalue weighted by molar-refractivity contribution is 0.163. The van der Waals surface area contributed by atoms with Crippen LogP contribution in [-0.2, 0) is 10.0 Å². The van der Waals surface area contributed by atoms with E-state index in [9.17, 15) is 8.42 Å². The van der Waals surface area contributed by atoms with Crippen molar-refractivity contribution < 1.29 is 18.3 Å². The second-order valence-corrected chi connectivity index (χ2v) is 7.11. The Hall–Kier alpha value is -0.820. The molecule has 0 radical (unpaired) electrons. The molecule has 0 saturated heterocycles. The number of hydrogen-bond donors (Lipinski definition) is 2. The number of aliphatic hydroxyl groups is 1. The van der Waals surface area contributed by atoms with Gasteiger partial charge >= 0.3 is 0 Å². The zero-order chi connectivity index (χ0) is 14.7. The van der Waals surface area contributed by atoms with Crippen LogP contribution in [0.4, 0.5) is 0 Å². The Kier molecular flexibility index (Phi) is 5.20. The van der Waals surface area contributed by atoms with Gasteiger partial charge < -0.3 is 9.84 Å². The fourth-order valence-corrected chi connectivity index (χ4v) is 2.84. The molecular weight excluding hydrogens is 290 g/mol. The van der Waals surface area contributed by atoms with Gasteiger partial charge in [0.2, 0.25) is 10.0 Å². The first-order chi connectivity index (χ1) is 8.72. The monoisotopic (exact) mass is 307 g/mol. The van der Waals surface area contributed by atoms with E-state index in [0.29, 0.717) is 5.02 Å². The summed E-state index contributed by atoms with van der Waals surface area (Å²) in [5.41, 5.74) is -0.535. The quantitative estimate of drug-likeness (QED) is 0.838. The van der Waals surface area contributed by atoms with Crippen molar-refractivity contribution in [1.29, 1.82) is 0 Å². The minimum atomic E-state index is -3.71. The summed E-state index contributed by atoms with van der Waals surface area (Å²) >= 11 is 5.79. The molecule has 1 aromatic carbocycles. The van der Waals surface area contributed by atoms with E-state index in [0.717, 1.165) is 0 Å². The van der Waals surface area contributed by atoms with Crippen molar-refractivity contribution >= 4 is 21.6 Å². The Morgan fingerprint density at radius 2 is 2.05 bits per heavy atom. The van der Waals surface area contributed by atoms with Crippen LogP contribution in [0.25, 0.3) is 0 Å². The molecule has 0 amide bonds. The van der Waals surface area contributed by atoms with E-state index in [-0.39, 0.29) is 23.8 Å². The zero-order valence-electron chi connectivity index (χ0n) is 11.1. The number of methoxy groups -OCH3 is 1. The summed E-state index contributed by atoms with van der Waals surface area (Å²) in [7, 11) is -2.33. The molecule has 0 aromatic heterocycles. The molecule has 5 nitrogen and oxygen atoms in total. The molecule has 1 aromatic rings. The van der Waals surface area contributed by atoms with Crippen LogP contribution in [0.2, 0.25) is 5.02 Å². The highest BCUT2D eigenvalue weighted by Gasteiger charge is 2.24. The first-order valence-electron chi connectivity index (χ1n) is 5.66. The summed E-state index contributed by atoms with van der Waals surface area (Å²) in [4.78, 5) is 0.0214. The van der Waals surface area contributed by atoms with E-state index in [2.05, 4.69) is 4.72 Å². The number of hydrogen-bond acceptors (Lipinski definition) is 4. The maximum absolute atomic E-state index is 12.2. The first kappa shape index (κ1) is 16.2. The fourth-order valence-electron chi connectivity index (χ4n) is 1.29. The average Bonchev–Trinajstić information content (AvgIpc) is 2.36. The Labute approximate surface area is 118 Å². The lowest BCUT2D eigenvalue weighted by Crippen LogP contribution is -2.36. The van der Waals surface area contributed by atoms with Crippen LogP contribution < -0.4 is 9.46 Å². The van der Waals surface area contributed by atoms with Crippen LogP contribution in [0.5, 0.6) is 5.75 Å². The summed E-state index contributed by atoms with van der Waals surface area (Å²) in [6.07, 6.45) is 0. The van der Waals surface area contributed by atoms with Crippen molar-refractivity contribution in [1.82, 2.24) is 4.72 Å². The van der Waals surface area contributed by atoms with Gasteiger partial charge in [0.1, 0.15) is 10.6 Å². The molecule has 0 atom stereocenters. The van der Waals surface area contributed by atoms with Gasteiger partial charge in [-0.25, -0.2) is 13.1 Å². The molecule has 1 rings (SSSR count). The molecule has 0 aliphatic heterocycles. The average molecular weight is 308 g/mol. The van der Waals surface area contributed by atoms with E-state index in [1.165, 1.54) is 25.3 Å². The van der Waals surface area contributed by atoms with Crippen LogP contribution >= 0.6 is 11.6 Å². The van der Waals surface area contributed by atoms with Gasteiger partial charge in [-0.1, -0.05) is 25.4 Å². The third-order valence-electron chi connectivity index (χ3n) is 2.58. The van der Waals surface area contributed by atoms with Crippen molar-refractivity contribution in [2.24, 2.45) is 5.41 Å². The second kappa shape index (κ2) is 6.09. The highest BCUT2D eigenvalue weighted by atomic mass is 35.5. The van der Waals surface area contributed by atoms with Gasteiger partial charge in [-0.3, -0.25) is 0 Å². The molecule has 108 valence electrons. The summed E-state index contributed by atoms with van der Waals surface area (Å²) in [5, 5.41) is 9.52. The second-order valence-electron chi connectivity index (χ2n) is 4.94. The van der Waals surface area contributed by atoms with Crippen LogP contribution in [0.3, 0.4) is 0 Å². The van der Waals surface area contributed by atoms with Crippen molar-refractivity contribution in [2.45, 2.75) is 18.7 Å². The number of aliphatic hydroxyl groups excluding tert-OH is 1. The molecule has 19 heavy (non-hydrogen) atoms. The summed E-state index contributed by atoms with van der Waals surface area (Å²) in [6, 6.07) is 4.30. The van der Waals surface area contributed by atoms with Crippen molar-refractivity contribution in [3.8, 4) is 5.75 Å². The molecular formula is C12H18ClNO4S. The van der Waals surface area contributed by atoms with E-state index >= 15 is 0 Å². The maximum atomic E-state index is 12.2. The summed E-state index contributed by atoms with van der Waals surface area (Å²) in [6.45, 7) is 3.52. The number of rotatable bonds is 6. The fraction of sp³-hybridized carbons (Fsp3) is 0.500. The number of ether oxygens (including phenoxy) is 1. The SMILES string of the molecule is COc1cc(Cl)ccc1S(=O)(=O)NCC(C)(C)CO. The molecule has 2 N–H and O–H groups in total. The molecule has 0 saturated carbocycles. The molecule has 0 spiro atoms. The van der Waals surface area contributed by atoms with E-state index < -0.39 is 15.4 Å². The van der Waals surface area contributed by atoms with Crippen LogP contribution in [0.15, 0.2) is 23.1 Å². The topological polar surface area (TPSA) is 75.6 Å². The smallest absolute Gasteiger partial charge is 0.244 e. The van der Waals surface area contributed by atoms with Gasteiger partial charge in [0.15, 0.2) is 0 Å². The van der Waals surface area contributed by atoms with Crippen molar-refractivity contribution in [3.63, 3.8) is 0 Å². The number of sulfonamides is 1. The molecule has 7 heteroatoms. The highest BCUT2D eigenvalue weighted by molar-refractivity contribution is 7.89. The summed E-state index contributed by atoms with van der Waals surface area (Å²) < 4.78 is 31.8. The van der Waals surface area contributed by atoms with Crippen molar-refractivity contribution in [3.05, 3.63) is 23.2 Å². The van der Waals surface area contributed by atoms with E-state index in [1.54, 1.807) is 13.8 Å². The van der Waals surface area contributed by atoms with Crippen LogP contribution in [0.1, 0.15) is 13.8 Å². The van der Waals surface area contributed by atoms with Crippen molar-refractivity contribution in [2.75, 3.05) is 20.3 Å². The molecule has 0 aliphatic carbocycles. The Morgan fingerprint density at radius 3 is 2.58 bits per heavy atom. The maximum Gasteiger partial charge on any atom is 0.244 e. The largest absolute Gasteiger partial charge is 0.495 e. The number of benzene rings is 1. The third kappa shape index (κ3) is 4.35. The van der Waals surface area contributed by atoms with Gasteiger partial charge in [-0.05, 0) is 12.1 Å². The van der Waals surface area contributed by atoms with Crippen LogP contribution in [-0.4, -0.2) is 33.8 Å². The molecule has 0 bridgehead atoms. The van der Waals surface area contributed by atoms with Gasteiger partial charge in [0.25, 0.3) is 0 Å². The van der Waals surface area contributed by atoms with Gasteiger partial charge in [0.05, 0.1) is 7.11 Å². The van der Waals surface area contributed by atoms with Crippen LogP contribution in [0, 0.1) is 5.41 Å². The Morgan fingerprint density at radius 1 is 1.42 bits per heavy atom. The summed E-state index contributed by atoms with van der Waals surface area (Å²) in [5.74, 6) is 0.182. The van der Waals surface area contributed by atoms with Gasteiger partial charge in [-0.2, -0.15) is 0 Å². The Bertz CT molecular complexity index is 543. The Balaban J connectivity index is 3.01. The lowest BCUT2D eigenvalue weighted by Gasteiger charge is -2.22. The molecule has 0 fully saturated rings. The minimum absolute atomic E-state index is 0.0214. The van der Waals surface area contributed by atoms with Gasteiger partial charge in [0, 0.05) is 29.7 Å². The molecule has 0 unspecified atom stereocenters. The minimum Gasteiger partial charge on any atom is -0.495 e.